The fourth-order valence-electron chi connectivity index (χ4n) is 2.32. The molecule has 0 aliphatic carbocycles. The van der Waals surface area contributed by atoms with E-state index in [0.717, 1.165) is 5.56 Å². The maximum absolute atomic E-state index is 12.3. The molecule has 2 rings (SSSR count). The summed E-state index contributed by atoms with van der Waals surface area (Å²) in [4.78, 5) is 24.7. The topological polar surface area (TPSA) is 78.9 Å². The van der Waals surface area contributed by atoms with E-state index < -0.39 is 5.97 Å². The Morgan fingerprint density at radius 1 is 1.43 bits per heavy atom. The molecule has 1 atom stereocenters. The van der Waals surface area contributed by atoms with Crippen LogP contribution in [0.4, 0.5) is 10.5 Å². The third-order valence-corrected chi connectivity index (χ3v) is 3.50. The van der Waals surface area contributed by atoms with E-state index in [1.54, 1.807) is 11.0 Å². The number of nitrogens with zero attached hydrogens (tertiary/aromatic N) is 1. The van der Waals surface area contributed by atoms with Crippen LogP contribution in [0.3, 0.4) is 0 Å². The van der Waals surface area contributed by atoms with Crippen molar-refractivity contribution >= 4 is 17.7 Å². The fraction of sp³-hybridized carbons (Fsp3) is 0.467. The highest BCUT2D eigenvalue weighted by Gasteiger charge is 2.24. The van der Waals surface area contributed by atoms with Crippen LogP contribution in [0, 0.1) is 0 Å². The van der Waals surface area contributed by atoms with Crippen molar-refractivity contribution < 1.29 is 19.4 Å². The summed E-state index contributed by atoms with van der Waals surface area (Å²) in [6.07, 6.45) is 0.436. The number of hydrogen-bond donors (Lipinski definition) is 2. The van der Waals surface area contributed by atoms with E-state index in [4.69, 9.17) is 9.84 Å². The predicted octanol–water partition coefficient (Wildman–Crippen LogP) is 1.96. The van der Waals surface area contributed by atoms with Crippen molar-refractivity contribution in [1.82, 2.24) is 4.90 Å². The van der Waals surface area contributed by atoms with Gasteiger partial charge in [-0.05, 0) is 25.0 Å². The summed E-state index contributed by atoms with van der Waals surface area (Å²) >= 11 is 0. The molecule has 114 valence electrons. The number of carboxylic acids is 1. The number of carbonyl (C=O) groups is 2. The van der Waals surface area contributed by atoms with Gasteiger partial charge in [-0.15, -0.1) is 0 Å². The molecule has 1 aromatic carbocycles. The lowest BCUT2D eigenvalue weighted by Gasteiger charge is -2.33. The van der Waals surface area contributed by atoms with Gasteiger partial charge >= 0.3 is 12.0 Å². The molecule has 1 fully saturated rings. The number of aliphatic carboxylic acids is 1. The van der Waals surface area contributed by atoms with Crippen molar-refractivity contribution in [1.29, 1.82) is 0 Å². The first-order valence-corrected chi connectivity index (χ1v) is 7.03. The Labute approximate surface area is 123 Å². The van der Waals surface area contributed by atoms with Gasteiger partial charge in [-0.2, -0.15) is 0 Å². The molecule has 2 N–H and O–H groups in total. The highest BCUT2D eigenvalue weighted by Crippen LogP contribution is 2.18. The minimum absolute atomic E-state index is 0.0323. The summed E-state index contributed by atoms with van der Waals surface area (Å²) in [5, 5.41) is 11.6. The smallest absolute Gasteiger partial charge is 0.322 e. The average molecular weight is 292 g/mol. The maximum atomic E-state index is 12.3. The largest absolute Gasteiger partial charge is 0.481 e. The van der Waals surface area contributed by atoms with Gasteiger partial charge in [0, 0.05) is 18.7 Å². The first kappa shape index (κ1) is 15.3. The maximum Gasteiger partial charge on any atom is 0.322 e. The number of aryl methyl sites for hydroxylation is 1. The number of amides is 2. The zero-order chi connectivity index (χ0) is 15.2. The normalized spacial score (nSPS) is 18.3. The monoisotopic (exact) mass is 292 g/mol. The van der Waals surface area contributed by atoms with Crippen LogP contribution in [0.15, 0.2) is 24.3 Å². The lowest BCUT2D eigenvalue weighted by atomic mass is 10.1. The lowest BCUT2D eigenvalue weighted by molar-refractivity contribution is -0.136. The molecule has 6 heteroatoms. The fourth-order valence-corrected chi connectivity index (χ4v) is 2.32. The second kappa shape index (κ2) is 7.08. The van der Waals surface area contributed by atoms with Crippen LogP contribution in [0.2, 0.25) is 0 Å². The summed E-state index contributed by atoms with van der Waals surface area (Å²) in [6, 6.07) is 7.15. The van der Waals surface area contributed by atoms with Crippen LogP contribution in [0.5, 0.6) is 0 Å². The number of carbonyl (C=O) groups excluding carboxylic acids is 1. The minimum atomic E-state index is -0.849. The van der Waals surface area contributed by atoms with Crippen LogP contribution < -0.4 is 5.32 Å². The van der Waals surface area contributed by atoms with E-state index in [2.05, 4.69) is 5.32 Å². The summed E-state index contributed by atoms with van der Waals surface area (Å²) < 4.78 is 5.31. The number of nitrogens with one attached hydrogen (secondary N) is 1. The van der Waals surface area contributed by atoms with E-state index in [9.17, 15) is 9.59 Å². The van der Waals surface area contributed by atoms with Gasteiger partial charge in [0.2, 0.25) is 0 Å². The molecule has 1 aromatic rings. The number of benzene rings is 1. The summed E-state index contributed by atoms with van der Waals surface area (Å²) in [5.74, 6) is -0.849. The van der Waals surface area contributed by atoms with Crippen molar-refractivity contribution in [2.24, 2.45) is 0 Å². The van der Waals surface area contributed by atoms with Crippen molar-refractivity contribution in [3.8, 4) is 0 Å². The van der Waals surface area contributed by atoms with Crippen molar-refractivity contribution in [2.45, 2.75) is 25.8 Å². The Morgan fingerprint density at radius 2 is 2.19 bits per heavy atom. The van der Waals surface area contributed by atoms with E-state index >= 15 is 0 Å². The van der Waals surface area contributed by atoms with Gasteiger partial charge in [0.1, 0.15) is 0 Å². The van der Waals surface area contributed by atoms with Crippen LogP contribution in [-0.2, 0) is 16.0 Å². The second-order valence-corrected chi connectivity index (χ2v) is 5.10. The third kappa shape index (κ3) is 4.19. The highest BCUT2D eigenvalue weighted by atomic mass is 16.5. The number of hydrogen-bond acceptors (Lipinski definition) is 3. The molecule has 0 spiro atoms. The number of carboxylic acid groups (broad SMARTS) is 1. The second-order valence-electron chi connectivity index (χ2n) is 5.10. The van der Waals surface area contributed by atoms with Crippen LogP contribution >= 0.6 is 0 Å². The minimum Gasteiger partial charge on any atom is -0.481 e. The van der Waals surface area contributed by atoms with E-state index in [0.29, 0.717) is 31.9 Å². The Bertz CT molecular complexity index is 518. The summed E-state index contributed by atoms with van der Waals surface area (Å²) in [7, 11) is 0. The number of rotatable bonds is 4. The zero-order valence-corrected chi connectivity index (χ0v) is 12.0. The van der Waals surface area contributed by atoms with Gasteiger partial charge in [-0.3, -0.25) is 4.79 Å². The molecule has 21 heavy (non-hydrogen) atoms. The number of anilines is 1. The Morgan fingerprint density at radius 3 is 2.90 bits per heavy atom. The first-order chi connectivity index (χ1) is 10.1. The number of para-hydroxylation sites is 1. The molecule has 1 saturated heterocycles. The SMILES string of the molecule is CC1COCCN1C(=O)Nc1ccccc1CCC(=O)O. The van der Waals surface area contributed by atoms with Gasteiger partial charge in [-0.1, -0.05) is 18.2 Å². The number of urea groups is 1. The zero-order valence-electron chi connectivity index (χ0n) is 12.0. The molecule has 1 heterocycles. The third-order valence-electron chi connectivity index (χ3n) is 3.50. The molecule has 0 bridgehead atoms. The van der Waals surface area contributed by atoms with E-state index in [-0.39, 0.29) is 18.5 Å². The highest BCUT2D eigenvalue weighted by molar-refractivity contribution is 5.90. The molecule has 2 amide bonds. The van der Waals surface area contributed by atoms with Gasteiger partial charge in [-0.25, -0.2) is 4.79 Å². The molecule has 0 aromatic heterocycles. The molecule has 1 aliphatic heterocycles. The molecule has 1 unspecified atom stereocenters. The molecular formula is C15H20N2O4. The number of morpholine rings is 1. The van der Waals surface area contributed by atoms with Gasteiger partial charge < -0.3 is 20.1 Å². The standard InChI is InChI=1S/C15H20N2O4/c1-11-10-21-9-8-17(11)15(20)16-13-5-3-2-4-12(13)6-7-14(18)19/h2-5,11H,6-10H2,1H3,(H,16,20)(H,18,19). The lowest BCUT2D eigenvalue weighted by Crippen LogP contribution is -2.48. The number of ether oxygens (including phenoxy) is 1. The van der Waals surface area contributed by atoms with Crippen LogP contribution in [0.1, 0.15) is 18.9 Å². The van der Waals surface area contributed by atoms with Gasteiger partial charge in [0.05, 0.1) is 19.3 Å². The van der Waals surface area contributed by atoms with Crippen molar-refractivity contribution in [2.75, 3.05) is 25.1 Å². The Hall–Kier alpha value is -2.08. The molecule has 0 saturated carbocycles. The molecule has 6 nitrogen and oxygen atoms in total. The summed E-state index contributed by atoms with van der Waals surface area (Å²) in [6.45, 7) is 3.58. The van der Waals surface area contributed by atoms with E-state index in [1.807, 2.05) is 25.1 Å². The first-order valence-electron chi connectivity index (χ1n) is 7.03. The average Bonchev–Trinajstić information content (AvgIpc) is 2.46. The van der Waals surface area contributed by atoms with Crippen LogP contribution in [-0.4, -0.2) is 47.8 Å². The molecule has 1 aliphatic rings. The van der Waals surface area contributed by atoms with Gasteiger partial charge in [0.25, 0.3) is 0 Å². The van der Waals surface area contributed by atoms with Gasteiger partial charge in [0.15, 0.2) is 0 Å². The Kier molecular flexibility index (Phi) is 5.16. The predicted molar refractivity (Wildman–Crippen MR) is 78.4 cm³/mol. The summed E-state index contributed by atoms with van der Waals surface area (Å²) in [5.41, 5.74) is 1.50. The van der Waals surface area contributed by atoms with Crippen molar-refractivity contribution in [3.05, 3.63) is 29.8 Å². The Balaban J connectivity index is 2.04. The molecular weight excluding hydrogens is 272 g/mol. The van der Waals surface area contributed by atoms with E-state index in [1.165, 1.54) is 0 Å². The van der Waals surface area contributed by atoms with Crippen molar-refractivity contribution in [3.63, 3.8) is 0 Å². The van der Waals surface area contributed by atoms with Crippen LogP contribution in [0.25, 0.3) is 0 Å². The quantitative estimate of drug-likeness (QED) is 0.889. The molecule has 0 radical (unpaired) electrons.